The maximum absolute atomic E-state index is 10.7. The van der Waals surface area contributed by atoms with E-state index < -0.39 is 11.5 Å². The van der Waals surface area contributed by atoms with Crippen molar-refractivity contribution in [1.29, 1.82) is 0 Å². The summed E-state index contributed by atoms with van der Waals surface area (Å²) in [6, 6.07) is 0. The number of nitrogens with one attached hydrogen (secondary N) is 1. The average Bonchev–Trinajstić information content (AvgIpc) is 2.14. The molecule has 48 valence electrons. The van der Waals surface area contributed by atoms with Crippen molar-refractivity contribution in [2.45, 2.75) is 6.92 Å². The lowest BCUT2D eigenvalue weighted by Crippen LogP contribution is -2.29. The number of rotatable bonds is 1. The van der Waals surface area contributed by atoms with Crippen LogP contribution in [0.25, 0.3) is 0 Å². The number of hydrogen-bond acceptors (Lipinski definition) is 3. The van der Waals surface area contributed by atoms with Gasteiger partial charge < -0.3 is 4.55 Å². The Balaban J connectivity index is 2.30. The Kier molecular flexibility index (Phi) is 2.13. The first kappa shape index (κ1) is 6.35. The molecule has 1 aliphatic heterocycles. The molecule has 0 aromatic rings. The van der Waals surface area contributed by atoms with E-state index in [0.29, 0.717) is 0 Å². The van der Waals surface area contributed by atoms with Crippen molar-refractivity contribution in [2.24, 2.45) is 0 Å². The maximum atomic E-state index is 10.7. The Hall–Kier alpha value is 0.230. The first-order valence-electron chi connectivity index (χ1n) is 2.75. The number of likely N-dealkylation sites (N-methyl/N-ethyl adjacent to an activating group) is 1. The summed E-state index contributed by atoms with van der Waals surface area (Å²) in [5.74, 6) is 0. The predicted octanol–water partition coefficient (Wildman–Crippen LogP) is -0.510. The highest BCUT2D eigenvalue weighted by Crippen LogP contribution is 2.01. The predicted molar refractivity (Wildman–Crippen MR) is 33.4 cm³/mol. The van der Waals surface area contributed by atoms with Crippen molar-refractivity contribution in [1.82, 2.24) is 9.03 Å². The second-order valence-electron chi connectivity index (χ2n) is 1.67. The molecular weight excluding hydrogens is 124 g/mol. The van der Waals surface area contributed by atoms with E-state index in [1.54, 1.807) is 0 Å². The van der Waals surface area contributed by atoms with Crippen LogP contribution in [0.1, 0.15) is 6.92 Å². The molecule has 1 atom stereocenters. The summed E-state index contributed by atoms with van der Waals surface area (Å²) in [6.45, 7) is 4.66. The molecule has 0 aromatic heterocycles. The van der Waals surface area contributed by atoms with Crippen LogP contribution in [-0.2, 0) is 11.5 Å². The van der Waals surface area contributed by atoms with E-state index in [1.807, 2.05) is 11.2 Å². The fourth-order valence-corrected chi connectivity index (χ4v) is 1.65. The SMILES string of the molecule is CCN1CCN[S+]1[O-]. The van der Waals surface area contributed by atoms with Crippen molar-refractivity contribution in [3.63, 3.8) is 0 Å². The Bertz CT molecular complexity index is 80.4. The molecule has 1 unspecified atom stereocenters. The summed E-state index contributed by atoms with van der Waals surface area (Å²) in [5.41, 5.74) is 0. The zero-order chi connectivity index (χ0) is 5.98. The maximum Gasteiger partial charge on any atom is 0.137 e. The van der Waals surface area contributed by atoms with Gasteiger partial charge in [0.25, 0.3) is 0 Å². The van der Waals surface area contributed by atoms with Crippen molar-refractivity contribution >= 4 is 11.5 Å². The third-order valence-corrected chi connectivity index (χ3v) is 2.53. The van der Waals surface area contributed by atoms with Crippen LogP contribution in [0.2, 0.25) is 0 Å². The van der Waals surface area contributed by atoms with E-state index in [2.05, 4.69) is 4.72 Å². The van der Waals surface area contributed by atoms with Gasteiger partial charge >= 0.3 is 0 Å². The standard InChI is InChI=1S/C4H10N2OS/c1-2-6-4-3-5-8(6)7/h5H,2-4H2,1H3. The molecule has 0 spiro atoms. The zero-order valence-corrected chi connectivity index (χ0v) is 5.70. The van der Waals surface area contributed by atoms with Crippen molar-refractivity contribution < 1.29 is 4.55 Å². The second-order valence-corrected chi connectivity index (χ2v) is 2.97. The lowest BCUT2D eigenvalue weighted by molar-refractivity contribution is 0.468. The van der Waals surface area contributed by atoms with Gasteiger partial charge in [0.1, 0.15) is 11.5 Å². The summed E-state index contributed by atoms with van der Waals surface area (Å²) >= 11 is -0.877. The van der Waals surface area contributed by atoms with Crippen LogP contribution in [0.5, 0.6) is 0 Å². The Morgan fingerprint density at radius 3 is 2.88 bits per heavy atom. The molecule has 0 bridgehead atoms. The third kappa shape index (κ3) is 1.14. The molecule has 1 heterocycles. The van der Waals surface area contributed by atoms with Gasteiger partial charge in [-0.2, -0.15) is 0 Å². The van der Waals surface area contributed by atoms with Gasteiger partial charge in [0.2, 0.25) is 0 Å². The molecule has 1 saturated heterocycles. The number of nitrogens with zero attached hydrogens (tertiary/aromatic N) is 1. The fourth-order valence-electron chi connectivity index (χ4n) is 0.707. The highest BCUT2D eigenvalue weighted by atomic mass is 32.2. The van der Waals surface area contributed by atoms with Crippen molar-refractivity contribution in [3.8, 4) is 0 Å². The molecule has 0 saturated carbocycles. The second kappa shape index (κ2) is 2.68. The van der Waals surface area contributed by atoms with Gasteiger partial charge in [-0.15, -0.1) is 9.03 Å². The highest BCUT2D eigenvalue weighted by molar-refractivity contribution is 7.87. The van der Waals surface area contributed by atoms with Gasteiger partial charge in [-0.1, -0.05) is 0 Å². The fraction of sp³-hybridized carbons (Fsp3) is 1.00. The van der Waals surface area contributed by atoms with E-state index in [-0.39, 0.29) is 0 Å². The topological polar surface area (TPSA) is 38.3 Å². The van der Waals surface area contributed by atoms with E-state index in [9.17, 15) is 4.55 Å². The lowest BCUT2D eigenvalue weighted by atomic mass is 10.6. The molecule has 0 aromatic carbocycles. The first-order valence-corrected chi connectivity index (χ1v) is 3.85. The molecule has 0 amide bonds. The third-order valence-electron chi connectivity index (χ3n) is 1.17. The van der Waals surface area contributed by atoms with Crippen LogP contribution in [-0.4, -0.2) is 28.5 Å². The normalized spacial score (nSPS) is 31.5. The van der Waals surface area contributed by atoms with Gasteiger partial charge in [0, 0.05) is 6.54 Å². The summed E-state index contributed by atoms with van der Waals surface area (Å²) in [7, 11) is 0. The minimum Gasteiger partial charge on any atom is -0.579 e. The molecule has 1 fully saturated rings. The minimum atomic E-state index is -0.877. The molecule has 4 heteroatoms. The van der Waals surface area contributed by atoms with Crippen molar-refractivity contribution in [3.05, 3.63) is 0 Å². The Labute approximate surface area is 52.5 Å². The van der Waals surface area contributed by atoms with E-state index in [4.69, 9.17) is 0 Å². The van der Waals surface area contributed by atoms with Gasteiger partial charge in [-0.05, 0) is 6.92 Å². The van der Waals surface area contributed by atoms with Gasteiger partial charge in [0.05, 0.1) is 13.1 Å². The van der Waals surface area contributed by atoms with Crippen LogP contribution in [0, 0.1) is 0 Å². The van der Waals surface area contributed by atoms with E-state index >= 15 is 0 Å². The van der Waals surface area contributed by atoms with Crippen LogP contribution < -0.4 is 4.72 Å². The highest BCUT2D eigenvalue weighted by Gasteiger charge is 2.23. The molecule has 1 aliphatic rings. The molecule has 0 aliphatic carbocycles. The Morgan fingerprint density at radius 2 is 2.62 bits per heavy atom. The zero-order valence-electron chi connectivity index (χ0n) is 4.89. The summed E-state index contributed by atoms with van der Waals surface area (Å²) in [6.07, 6.45) is 0. The summed E-state index contributed by atoms with van der Waals surface area (Å²) in [4.78, 5) is 0. The largest absolute Gasteiger partial charge is 0.579 e. The molecule has 8 heavy (non-hydrogen) atoms. The first-order chi connectivity index (χ1) is 3.84. The van der Waals surface area contributed by atoms with Crippen LogP contribution in [0.4, 0.5) is 0 Å². The molecular formula is C4H10N2OS. The van der Waals surface area contributed by atoms with Crippen LogP contribution >= 0.6 is 0 Å². The average molecular weight is 134 g/mol. The quantitative estimate of drug-likeness (QED) is 0.491. The van der Waals surface area contributed by atoms with Crippen molar-refractivity contribution in [2.75, 3.05) is 19.6 Å². The summed E-state index contributed by atoms with van der Waals surface area (Å²) < 4.78 is 15.4. The van der Waals surface area contributed by atoms with Gasteiger partial charge in [-0.3, -0.25) is 0 Å². The minimum absolute atomic E-state index is 0.862. The molecule has 1 rings (SSSR count). The van der Waals surface area contributed by atoms with Gasteiger partial charge in [-0.25, -0.2) is 0 Å². The molecule has 3 nitrogen and oxygen atoms in total. The van der Waals surface area contributed by atoms with Gasteiger partial charge in [0.15, 0.2) is 0 Å². The van der Waals surface area contributed by atoms with Crippen LogP contribution in [0.3, 0.4) is 0 Å². The van der Waals surface area contributed by atoms with Crippen LogP contribution in [0.15, 0.2) is 0 Å². The monoisotopic (exact) mass is 134 g/mol. The molecule has 1 N–H and O–H groups in total. The van der Waals surface area contributed by atoms with E-state index in [1.165, 1.54) is 0 Å². The lowest BCUT2D eigenvalue weighted by Gasteiger charge is -2.10. The summed E-state index contributed by atoms with van der Waals surface area (Å²) in [5, 5.41) is 0. The molecule has 0 radical (unpaired) electrons. The smallest absolute Gasteiger partial charge is 0.137 e. The van der Waals surface area contributed by atoms with E-state index in [0.717, 1.165) is 19.6 Å². The Morgan fingerprint density at radius 1 is 1.88 bits per heavy atom. The number of hydrogen-bond donors (Lipinski definition) is 1.